The highest BCUT2D eigenvalue weighted by molar-refractivity contribution is 6.31. The number of nitrogens with zero attached hydrogens (tertiary/aromatic N) is 1. The Hall–Kier alpha value is -1.16. The zero-order valence-electron chi connectivity index (χ0n) is 5.96. The van der Waals surface area contributed by atoms with Gasteiger partial charge in [0.15, 0.2) is 0 Å². The smallest absolute Gasteiger partial charge is 0.230 e. The first-order valence-electron chi connectivity index (χ1n) is 3.15. The van der Waals surface area contributed by atoms with E-state index in [1.165, 1.54) is 6.07 Å². The van der Waals surface area contributed by atoms with Gasteiger partial charge in [-0.3, -0.25) is 10.1 Å². The van der Waals surface area contributed by atoms with Crippen LogP contribution in [-0.4, -0.2) is 4.92 Å². The van der Waals surface area contributed by atoms with Crippen LogP contribution in [0.2, 0.25) is 5.02 Å². The maximum absolute atomic E-state index is 12.4. The van der Waals surface area contributed by atoms with Crippen LogP contribution in [0.3, 0.4) is 0 Å². The van der Waals surface area contributed by atoms with E-state index in [1.54, 1.807) is 0 Å². The average molecular weight is 190 g/mol. The van der Waals surface area contributed by atoms with Crippen LogP contribution < -0.4 is 0 Å². The molecule has 1 aromatic carbocycles. The van der Waals surface area contributed by atoms with Gasteiger partial charge in [0.1, 0.15) is 5.82 Å². The molecule has 3 nitrogen and oxygen atoms in total. The number of benzene rings is 1. The van der Waals surface area contributed by atoms with E-state index in [0.29, 0.717) is 5.56 Å². The van der Waals surface area contributed by atoms with Crippen molar-refractivity contribution in [2.24, 2.45) is 0 Å². The topological polar surface area (TPSA) is 43.1 Å². The van der Waals surface area contributed by atoms with Crippen LogP contribution >= 0.6 is 11.6 Å². The zero-order chi connectivity index (χ0) is 9.14. The van der Waals surface area contributed by atoms with E-state index in [4.69, 9.17) is 11.6 Å². The molecule has 0 atom stereocenters. The van der Waals surface area contributed by atoms with Crippen LogP contribution in [0.5, 0.6) is 0 Å². The third-order valence-corrected chi connectivity index (χ3v) is 1.67. The van der Waals surface area contributed by atoms with Crippen LogP contribution in [0.15, 0.2) is 18.2 Å². The number of hydrogen-bond acceptors (Lipinski definition) is 2. The van der Waals surface area contributed by atoms with Gasteiger partial charge in [-0.15, -0.1) is 0 Å². The predicted molar refractivity (Wildman–Crippen MR) is 42.1 cm³/mol. The number of hydrogen-bond donors (Lipinski definition) is 0. The van der Waals surface area contributed by atoms with Gasteiger partial charge in [-0.05, 0) is 18.2 Å². The molecule has 0 fully saturated rings. The second kappa shape index (κ2) is 3.49. The standard InChI is InChI=1S/C7H5ClFNO2/c8-7-3-6(9)2-1-5(7)4-10(11)12/h1-3H,4H2. The van der Waals surface area contributed by atoms with Gasteiger partial charge in [0.25, 0.3) is 0 Å². The first-order valence-corrected chi connectivity index (χ1v) is 3.53. The maximum Gasteiger partial charge on any atom is 0.230 e. The van der Waals surface area contributed by atoms with Gasteiger partial charge in [-0.2, -0.15) is 0 Å². The van der Waals surface area contributed by atoms with Crippen molar-refractivity contribution in [2.75, 3.05) is 0 Å². The molecular formula is C7H5ClFNO2. The highest BCUT2D eigenvalue weighted by Gasteiger charge is 2.06. The molecule has 0 amide bonds. The SMILES string of the molecule is O=[N+]([O-])Cc1ccc(F)cc1Cl. The molecule has 0 radical (unpaired) electrons. The fraction of sp³-hybridized carbons (Fsp3) is 0.143. The summed E-state index contributed by atoms with van der Waals surface area (Å²) in [6.07, 6.45) is 0. The van der Waals surface area contributed by atoms with Crippen molar-refractivity contribution in [3.8, 4) is 0 Å². The molecule has 1 rings (SSSR count). The predicted octanol–water partition coefficient (Wildman–Crippen LogP) is 2.26. The molecule has 0 spiro atoms. The highest BCUT2D eigenvalue weighted by Crippen LogP contribution is 2.17. The van der Waals surface area contributed by atoms with Crippen molar-refractivity contribution >= 4 is 11.6 Å². The van der Waals surface area contributed by atoms with Crippen LogP contribution in [0.4, 0.5) is 4.39 Å². The van der Waals surface area contributed by atoms with Crippen LogP contribution in [0.1, 0.15) is 5.56 Å². The van der Waals surface area contributed by atoms with Crippen LogP contribution in [0, 0.1) is 15.9 Å². The Morgan fingerprint density at radius 2 is 2.25 bits per heavy atom. The van der Waals surface area contributed by atoms with E-state index in [-0.39, 0.29) is 11.6 Å². The molecule has 12 heavy (non-hydrogen) atoms. The minimum atomic E-state index is -0.515. The zero-order valence-corrected chi connectivity index (χ0v) is 6.71. The number of nitro groups is 1. The molecule has 5 heteroatoms. The van der Waals surface area contributed by atoms with Gasteiger partial charge in [0.05, 0.1) is 5.02 Å². The second-order valence-corrected chi connectivity index (χ2v) is 2.63. The molecule has 0 aromatic heterocycles. The molecule has 0 aliphatic rings. The Morgan fingerprint density at radius 3 is 2.75 bits per heavy atom. The molecule has 0 unspecified atom stereocenters. The number of rotatable bonds is 2. The summed E-state index contributed by atoms with van der Waals surface area (Å²) in [5.41, 5.74) is 0.322. The van der Waals surface area contributed by atoms with E-state index in [1.807, 2.05) is 0 Å². The minimum absolute atomic E-state index is 0.0895. The van der Waals surface area contributed by atoms with Crippen molar-refractivity contribution < 1.29 is 9.31 Å². The third kappa shape index (κ3) is 2.17. The van der Waals surface area contributed by atoms with Crippen LogP contribution in [-0.2, 0) is 6.54 Å². The second-order valence-electron chi connectivity index (χ2n) is 2.23. The van der Waals surface area contributed by atoms with Gasteiger partial charge >= 0.3 is 0 Å². The molecule has 0 aliphatic carbocycles. The van der Waals surface area contributed by atoms with Crippen LogP contribution in [0.25, 0.3) is 0 Å². The Balaban J connectivity index is 2.93. The van der Waals surface area contributed by atoms with E-state index in [9.17, 15) is 14.5 Å². The molecule has 0 saturated carbocycles. The van der Waals surface area contributed by atoms with Gasteiger partial charge in [0, 0.05) is 10.5 Å². The van der Waals surface area contributed by atoms with Crippen molar-refractivity contribution in [3.05, 3.63) is 44.7 Å². The van der Waals surface area contributed by atoms with E-state index >= 15 is 0 Å². The lowest BCUT2D eigenvalue weighted by molar-refractivity contribution is -0.496. The fourth-order valence-corrected chi connectivity index (χ4v) is 1.02. The van der Waals surface area contributed by atoms with Gasteiger partial charge in [0.2, 0.25) is 6.54 Å². The summed E-state index contributed by atoms with van der Waals surface area (Å²) >= 11 is 5.53. The van der Waals surface area contributed by atoms with Gasteiger partial charge in [-0.25, -0.2) is 4.39 Å². The Kier molecular flexibility index (Phi) is 2.60. The molecule has 0 bridgehead atoms. The first kappa shape index (κ1) is 8.93. The summed E-state index contributed by atoms with van der Waals surface area (Å²) < 4.78 is 12.4. The molecule has 64 valence electrons. The first-order chi connectivity index (χ1) is 5.59. The molecular weight excluding hydrogens is 185 g/mol. The summed E-state index contributed by atoms with van der Waals surface area (Å²) in [7, 11) is 0. The van der Waals surface area contributed by atoms with Crippen molar-refractivity contribution in [3.63, 3.8) is 0 Å². The lowest BCUT2D eigenvalue weighted by Gasteiger charge is -1.97. The molecule has 0 aliphatic heterocycles. The lowest BCUT2D eigenvalue weighted by atomic mass is 10.2. The Morgan fingerprint density at radius 1 is 1.58 bits per heavy atom. The van der Waals surface area contributed by atoms with Gasteiger partial charge in [-0.1, -0.05) is 11.6 Å². The Labute approximate surface area is 72.9 Å². The lowest BCUT2D eigenvalue weighted by Crippen LogP contribution is -1.98. The number of halogens is 2. The summed E-state index contributed by atoms with van der Waals surface area (Å²) in [6.45, 7) is -0.376. The minimum Gasteiger partial charge on any atom is -0.264 e. The molecule has 0 N–H and O–H groups in total. The highest BCUT2D eigenvalue weighted by atomic mass is 35.5. The quantitative estimate of drug-likeness (QED) is 0.529. The summed E-state index contributed by atoms with van der Waals surface area (Å²) in [6, 6.07) is 3.51. The van der Waals surface area contributed by atoms with E-state index < -0.39 is 10.7 Å². The molecule has 0 saturated heterocycles. The summed E-state index contributed by atoms with van der Waals surface area (Å²) in [5, 5.41) is 10.1. The average Bonchev–Trinajstić information content (AvgIpc) is 1.94. The fourth-order valence-electron chi connectivity index (χ4n) is 0.789. The normalized spacial score (nSPS) is 9.83. The van der Waals surface area contributed by atoms with Crippen molar-refractivity contribution in [1.82, 2.24) is 0 Å². The maximum atomic E-state index is 12.4. The largest absolute Gasteiger partial charge is 0.264 e. The molecule has 1 aromatic rings. The Bertz CT molecular complexity index is 316. The monoisotopic (exact) mass is 189 g/mol. The van der Waals surface area contributed by atoms with Crippen molar-refractivity contribution in [2.45, 2.75) is 6.54 Å². The molecule has 0 heterocycles. The summed E-state index contributed by atoms with van der Waals surface area (Å²) in [5.74, 6) is -0.493. The third-order valence-electron chi connectivity index (χ3n) is 1.31. The van der Waals surface area contributed by atoms with E-state index in [0.717, 1.165) is 12.1 Å². The van der Waals surface area contributed by atoms with Gasteiger partial charge < -0.3 is 0 Å². The van der Waals surface area contributed by atoms with Crippen molar-refractivity contribution in [1.29, 1.82) is 0 Å². The summed E-state index contributed by atoms with van der Waals surface area (Å²) in [4.78, 5) is 9.54. The van der Waals surface area contributed by atoms with E-state index in [2.05, 4.69) is 0 Å².